The quantitative estimate of drug-likeness (QED) is 0.731. The number of benzene rings is 1. The van der Waals surface area contributed by atoms with Gasteiger partial charge >= 0.3 is 0 Å². The van der Waals surface area contributed by atoms with Crippen molar-refractivity contribution in [2.75, 3.05) is 20.2 Å². The lowest BCUT2D eigenvalue weighted by molar-refractivity contribution is -0.113. The van der Waals surface area contributed by atoms with Crippen LogP contribution in [0.15, 0.2) is 24.3 Å². The van der Waals surface area contributed by atoms with Crippen LogP contribution in [0.3, 0.4) is 0 Å². The summed E-state index contributed by atoms with van der Waals surface area (Å²) in [5, 5.41) is 3.39. The summed E-state index contributed by atoms with van der Waals surface area (Å²) in [5.41, 5.74) is 1.31. The van der Waals surface area contributed by atoms with Crippen LogP contribution in [0.4, 0.5) is 0 Å². The fourth-order valence-electron chi connectivity index (χ4n) is 2.53. The molecule has 0 heterocycles. The molecule has 0 saturated heterocycles. The van der Waals surface area contributed by atoms with Gasteiger partial charge in [0.2, 0.25) is 0 Å². The molecule has 1 aliphatic carbocycles. The summed E-state index contributed by atoms with van der Waals surface area (Å²) in [5.74, 6) is 0.899. The zero-order valence-corrected chi connectivity index (χ0v) is 12.1. The molecule has 0 bridgehead atoms. The van der Waals surface area contributed by atoms with E-state index in [1.54, 1.807) is 7.11 Å². The Kier molecular flexibility index (Phi) is 5.23. The number of methoxy groups -OCH3 is 1. The molecule has 0 radical (unpaired) electrons. The van der Waals surface area contributed by atoms with Crippen molar-refractivity contribution in [3.05, 3.63) is 29.8 Å². The Balaban J connectivity index is 1.85. The van der Waals surface area contributed by atoms with Crippen molar-refractivity contribution in [2.24, 2.45) is 0 Å². The van der Waals surface area contributed by atoms with E-state index < -0.39 is 0 Å². The minimum Gasteiger partial charge on any atom is -0.497 e. The normalized spacial score (nSPS) is 16.9. The highest BCUT2D eigenvalue weighted by Crippen LogP contribution is 2.39. The lowest BCUT2D eigenvalue weighted by Gasteiger charge is -2.42. The van der Waals surface area contributed by atoms with Gasteiger partial charge in [0, 0.05) is 0 Å². The van der Waals surface area contributed by atoms with E-state index in [1.807, 2.05) is 12.1 Å². The first-order valence-electron chi connectivity index (χ1n) is 7.25. The minimum absolute atomic E-state index is 0.116. The molecule has 0 unspecified atom stereocenters. The molecular weight excluding hydrogens is 238 g/mol. The van der Waals surface area contributed by atoms with Crippen LogP contribution >= 0.6 is 0 Å². The predicted octanol–water partition coefficient (Wildman–Crippen LogP) is 3.13. The molecule has 2 rings (SSSR count). The maximum Gasteiger partial charge on any atom is 0.119 e. The lowest BCUT2D eigenvalue weighted by Crippen LogP contribution is -2.42. The van der Waals surface area contributed by atoms with Crippen molar-refractivity contribution in [3.8, 4) is 5.75 Å². The summed E-state index contributed by atoms with van der Waals surface area (Å²) in [6.07, 6.45) is 4.81. The van der Waals surface area contributed by atoms with E-state index in [0.29, 0.717) is 6.61 Å². The lowest BCUT2D eigenvalue weighted by atomic mass is 9.77. The zero-order valence-electron chi connectivity index (χ0n) is 12.1. The van der Waals surface area contributed by atoms with Crippen LogP contribution in [0.5, 0.6) is 5.75 Å². The number of rotatable bonds is 8. The molecule has 1 aliphatic rings. The van der Waals surface area contributed by atoms with Crippen molar-refractivity contribution in [1.82, 2.24) is 5.32 Å². The number of hydrogen-bond donors (Lipinski definition) is 1. The average Bonchev–Trinajstić information content (AvgIpc) is 2.41. The third-order valence-corrected chi connectivity index (χ3v) is 3.95. The molecule has 0 aliphatic heterocycles. The molecule has 0 atom stereocenters. The van der Waals surface area contributed by atoms with Crippen molar-refractivity contribution in [2.45, 2.75) is 44.8 Å². The molecule has 1 N–H and O–H groups in total. The van der Waals surface area contributed by atoms with Gasteiger partial charge in [0.15, 0.2) is 0 Å². The Labute approximate surface area is 116 Å². The van der Waals surface area contributed by atoms with Gasteiger partial charge in [-0.05, 0) is 56.5 Å². The number of hydrogen-bond acceptors (Lipinski definition) is 3. The summed E-state index contributed by atoms with van der Waals surface area (Å²) in [6, 6.07) is 8.13. The Morgan fingerprint density at radius 2 is 2.16 bits per heavy atom. The van der Waals surface area contributed by atoms with Crippen LogP contribution in [0.2, 0.25) is 0 Å². The maximum atomic E-state index is 6.20. The molecule has 1 saturated carbocycles. The second-order valence-corrected chi connectivity index (χ2v) is 5.28. The van der Waals surface area contributed by atoms with Crippen molar-refractivity contribution in [1.29, 1.82) is 0 Å². The van der Waals surface area contributed by atoms with Gasteiger partial charge in [-0.15, -0.1) is 0 Å². The molecule has 106 valence electrons. The molecule has 1 fully saturated rings. The largest absolute Gasteiger partial charge is 0.497 e. The monoisotopic (exact) mass is 263 g/mol. The van der Waals surface area contributed by atoms with E-state index in [-0.39, 0.29) is 5.60 Å². The van der Waals surface area contributed by atoms with E-state index >= 15 is 0 Å². The Morgan fingerprint density at radius 3 is 2.79 bits per heavy atom. The van der Waals surface area contributed by atoms with Gasteiger partial charge in [-0.3, -0.25) is 0 Å². The van der Waals surface area contributed by atoms with E-state index in [9.17, 15) is 0 Å². The first-order valence-corrected chi connectivity index (χ1v) is 7.25. The van der Waals surface area contributed by atoms with Gasteiger partial charge in [0.1, 0.15) is 5.75 Å². The van der Waals surface area contributed by atoms with Gasteiger partial charge in [0.25, 0.3) is 0 Å². The van der Waals surface area contributed by atoms with E-state index in [4.69, 9.17) is 9.47 Å². The van der Waals surface area contributed by atoms with E-state index in [1.165, 1.54) is 24.8 Å². The van der Waals surface area contributed by atoms with Crippen molar-refractivity contribution >= 4 is 0 Å². The fourth-order valence-corrected chi connectivity index (χ4v) is 2.53. The zero-order chi connectivity index (χ0) is 13.6. The Bertz CT molecular complexity index is 388. The third-order valence-electron chi connectivity index (χ3n) is 3.95. The molecule has 1 aromatic carbocycles. The average molecular weight is 263 g/mol. The summed E-state index contributed by atoms with van der Waals surface area (Å²) in [4.78, 5) is 0. The molecular formula is C16H25NO2. The second kappa shape index (κ2) is 6.92. The van der Waals surface area contributed by atoms with Crippen LogP contribution in [-0.4, -0.2) is 25.8 Å². The van der Waals surface area contributed by atoms with Gasteiger partial charge in [-0.25, -0.2) is 0 Å². The smallest absolute Gasteiger partial charge is 0.119 e. The fraction of sp³-hybridized carbons (Fsp3) is 0.625. The molecule has 0 spiro atoms. The summed E-state index contributed by atoms with van der Waals surface area (Å²) >= 11 is 0. The molecule has 19 heavy (non-hydrogen) atoms. The first-order chi connectivity index (χ1) is 9.28. The summed E-state index contributed by atoms with van der Waals surface area (Å²) < 4.78 is 11.4. The predicted molar refractivity (Wildman–Crippen MR) is 77.5 cm³/mol. The van der Waals surface area contributed by atoms with Crippen molar-refractivity contribution in [3.63, 3.8) is 0 Å². The first kappa shape index (κ1) is 14.4. The van der Waals surface area contributed by atoms with Crippen molar-refractivity contribution < 1.29 is 9.47 Å². The Morgan fingerprint density at radius 1 is 1.32 bits per heavy atom. The molecule has 0 amide bonds. The highest BCUT2D eigenvalue weighted by Gasteiger charge is 2.37. The standard InChI is InChI=1S/C16H25NO2/c1-3-17-11-10-16(8-5-9-16)19-13-14-6-4-7-15(12-14)18-2/h4,6-7,12,17H,3,5,8-11,13H2,1-2H3. The summed E-state index contributed by atoms with van der Waals surface area (Å²) in [6.45, 7) is 4.91. The summed E-state index contributed by atoms with van der Waals surface area (Å²) in [7, 11) is 1.70. The van der Waals surface area contributed by atoms with E-state index in [2.05, 4.69) is 24.4 Å². The highest BCUT2D eigenvalue weighted by atomic mass is 16.5. The Hall–Kier alpha value is -1.06. The topological polar surface area (TPSA) is 30.5 Å². The van der Waals surface area contributed by atoms with Gasteiger partial charge in [-0.1, -0.05) is 19.1 Å². The van der Waals surface area contributed by atoms with Gasteiger partial charge in [-0.2, -0.15) is 0 Å². The van der Waals surface area contributed by atoms with Gasteiger partial charge in [0.05, 0.1) is 19.3 Å². The van der Waals surface area contributed by atoms with Crippen LogP contribution in [0, 0.1) is 0 Å². The van der Waals surface area contributed by atoms with Crippen LogP contribution in [0.1, 0.15) is 38.2 Å². The molecule has 0 aromatic heterocycles. The molecule has 3 nitrogen and oxygen atoms in total. The van der Waals surface area contributed by atoms with E-state index in [0.717, 1.165) is 25.3 Å². The minimum atomic E-state index is 0.116. The third kappa shape index (κ3) is 3.95. The highest BCUT2D eigenvalue weighted by molar-refractivity contribution is 5.27. The molecule has 3 heteroatoms. The van der Waals surface area contributed by atoms with Gasteiger partial charge < -0.3 is 14.8 Å². The van der Waals surface area contributed by atoms with Crippen LogP contribution < -0.4 is 10.1 Å². The maximum absolute atomic E-state index is 6.20. The van der Waals surface area contributed by atoms with Crippen LogP contribution in [0.25, 0.3) is 0 Å². The SMILES string of the molecule is CCNCCC1(OCc2cccc(OC)c2)CCC1. The second-order valence-electron chi connectivity index (χ2n) is 5.28. The number of nitrogens with one attached hydrogen (secondary N) is 1. The number of ether oxygens (including phenoxy) is 2. The van der Waals surface area contributed by atoms with Crippen LogP contribution in [-0.2, 0) is 11.3 Å². The molecule has 1 aromatic rings.